The van der Waals surface area contributed by atoms with Crippen molar-refractivity contribution in [2.45, 2.75) is 25.2 Å². The number of alkyl halides is 1. The Morgan fingerprint density at radius 1 is 1.24 bits per heavy atom. The summed E-state index contributed by atoms with van der Waals surface area (Å²) in [6.45, 7) is -0.375. The predicted octanol–water partition coefficient (Wildman–Crippen LogP) is 0.730. The standard InChI is InChI=1S/C19H17FN6O3/c20-13-6-14(10-27)25(8-13)17(28)9-26-16-2-1-11(12-3-4-22-23-7-12)5-15(16)18(24-26)19(21)29/h1-5,7,10,13-14H,6,8-9H2,(H2,21,29)/t13-,14+/m1/s1. The number of nitrogens with two attached hydrogens (primary N) is 1. The van der Waals surface area contributed by atoms with Crippen LogP contribution in [-0.4, -0.2) is 61.7 Å². The van der Waals surface area contributed by atoms with E-state index in [0.717, 1.165) is 11.1 Å². The number of rotatable bonds is 5. The van der Waals surface area contributed by atoms with E-state index in [1.807, 2.05) is 0 Å². The Labute approximate surface area is 164 Å². The van der Waals surface area contributed by atoms with Crippen LogP contribution in [0.15, 0.2) is 36.7 Å². The molecule has 9 nitrogen and oxygen atoms in total. The topological polar surface area (TPSA) is 124 Å². The number of nitrogens with zero attached hydrogens (tertiary/aromatic N) is 5. The third-order valence-corrected chi connectivity index (χ3v) is 4.96. The molecule has 1 saturated heterocycles. The fourth-order valence-corrected chi connectivity index (χ4v) is 3.57. The van der Waals surface area contributed by atoms with Gasteiger partial charge in [-0.15, -0.1) is 0 Å². The van der Waals surface area contributed by atoms with Gasteiger partial charge >= 0.3 is 0 Å². The molecule has 1 fully saturated rings. The summed E-state index contributed by atoms with van der Waals surface area (Å²) in [5, 5.41) is 12.2. The molecule has 29 heavy (non-hydrogen) atoms. The zero-order valence-electron chi connectivity index (χ0n) is 15.2. The maximum atomic E-state index is 13.6. The van der Waals surface area contributed by atoms with Crippen LogP contribution in [0.3, 0.4) is 0 Å². The van der Waals surface area contributed by atoms with Gasteiger partial charge in [-0.25, -0.2) is 4.39 Å². The first kappa shape index (κ1) is 18.7. The molecule has 4 rings (SSSR count). The van der Waals surface area contributed by atoms with Crippen LogP contribution in [0, 0.1) is 0 Å². The molecule has 2 N–H and O–H groups in total. The molecule has 0 unspecified atom stereocenters. The number of aromatic nitrogens is 4. The number of primary amides is 1. The molecule has 148 valence electrons. The number of benzene rings is 1. The van der Waals surface area contributed by atoms with Crippen molar-refractivity contribution in [3.8, 4) is 11.1 Å². The molecule has 2 amide bonds. The molecule has 0 aliphatic carbocycles. The van der Waals surface area contributed by atoms with E-state index in [1.54, 1.807) is 36.7 Å². The number of fused-ring (bicyclic) bond motifs is 1. The van der Waals surface area contributed by atoms with E-state index in [0.29, 0.717) is 17.2 Å². The Morgan fingerprint density at radius 2 is 2.07 bits per heavy atom. The molecule has 1 aliphatic rings. The molecule has 3 heterocycles. The maximum absolute atomic E-state index is 13.6. The molecule has 3 aromatic rings. The lowest BCUT2D eigenvalue weighted by molar-refractivity contribution is -0.135. The number of carbonyl (C=O) groups excluding carboxylic acids is 3. The lowest BCUT2D eigenvalue weighted by Crippen LogP contribution is -2.39. The van der Waals surface area contributed by atoms with Gasteiger partial charge in [0.05, 0.1) is 30.5 Å². The molecule has 0 radical (unpaired) electrons. The molecule has 0 saturated carbocycles. The van der Waals surface area contributed by atoms with Gasteiger partial charge in [0.2, 0.25) is 5.91 Å². The van der Waals surface area contributed by atoms with Crippen LogP contribution in [0.1, 0.15) is 16.9 Å². The highest BCUT2D eigenvalue weighted by atomic mass is 19.1. The minimum Gasteiger partial charge on any atom is -0.364 e. The monoisotopic (exact) mass is 396 g/mol. The Bertz CT molecular complexity index is 1100. The third-order valence-electron chi connectivity index (χ3n) is 4.96. The van der Waals surface area contributed by atoms with Gasteiger partial charge in [0, 0.05) is 17.4 Å². The average Bonchev–Trinajstić information content (AvgIpc) is 3.28. The number of likely N-dealkylation sites (tertiary alicyclic amines) is 1. The highest BCUT2D eigenvalue weighted by molar-refractivity contribution is 6.05. The van der Waals surface area contributed by atoms with Gasteiger partial charge in [0.15, 0.2) is 5.69 Å². The smallest absolute Gasteiger partial charge is 0.269 e. The zero-order chi connectivity index (χ0) is 20.5. The summed E-state index contributed by atoms with van der Waals surface area (Å²) in [5.41, 5.74) is 7.59. The minimum atomic E-state index is -1.23. The molecule has 1 aliphatic heterocycles. The number of hydrogen-bond donors (Lipinski definition) is 1. The summed E-state index contributed by atoms with van der Waals surface area (Å²) in [7, 11) is 0. The van der Waals surface area contributed by atoms with Crippen LogP contribution in [0.25, 0.3) is 22.0 Å². The fraction of sp³-hybridized carbons (Fsp3) is 0.263. The van der Waals surface area contributed by atoms with Crippen molar-refractivity contribution >= 4 is 29.0 Å². The number of amides is 2. The predicted molar refractivity (Wildman–Crippen MR) is 100 cm³/mol. The van der Waals surface area contributed by atoms with E-state index in [1.165, 1.54) is 9.58 Å². The van der Waals surface area contributed by atoms with Gasteiger partial charge in [-0.2, -0.15) is 15.3 Å². The van der Waals surface area contributed by atoms with Gasteiger partial charge < -0.3 is 15.4 Å². The van der Waals surface area contributed by atoms with Crippen LogP contribution in [0.4, 0.5) is 4.39 Å². The van der Waals surface area contributed by atoms with Gasteiger partial charge in [-0.05, 0) is 23.8 Å². The van der Waals surface area contributed by atoms with E-state index in [-0.39, 0.29) is 25.2 Å². The lowest BCUT2D eigenvalue weighted by atomic mass is 10.0. The van der Waals surface area contributed by atoms with Crippen molar-refractivity contribution in [3.05, 3.63) is 42.4 Å². The number of aldehydes is 1. The van der Waals surface area contributed by atoms with Crippen molar-refractivity contribution in [1.82, 2.24) is 24.9 Å². The van der Waals surface area contributed by atoms with Crippen LogP contribution < -0.4 is 5.73 Å². The maximum Gasteiger partial charge on any atom is 0.269 e. The second kappa shape index (κ2) is 7.38. The number of carbonyl (C=O) groups is 3. The second-order valence-corrected chi connectivity index (χ2v) is 6.82. The van der Waals surface area contributed by atoms with Gasteiger partial charge in [-0.1, -0.05) is 6.07 Å². The van der Waals surface area contributed by atoms with E-state index in [2.05, 4.69) is 15.3 Å². The van der Waals surface area contributed by atoms with Crippen molar-refractivity contribution in [1.29, 1.82) is 0 Å². The van der Waals surface area contributed by atoms with E-state index >= 15 is 0 Å². The molecule has 2 aromatic heterocycles. The molecular formula is C19H17FN6O3. The van der Waals surface area contributed by atoms with E-state index in [9.17, 15) is 18.8 Å². The normalized spacial score (nSPS) is 18.9. The Morgan fingerprint density at radius 3 is 2.76 bits per heavy atom. The van der Waals surface area contributed by atoms with Crippen LogP contribution in [0.2, 0.25) is 0 Å². The fourth-order valence-electron chi connectivity index (χ4n) is 3.57. The van der Waals surface area contributed by atoms with Crippen molar-refractivity contribution in [3.63, 3.8) is 0 Å². The van der Waals surface area contributed by atoms with Crippen LogP contribution in [-0.2, 0) is 16.1 Å². The average molecular weight is 396 g/mol. The summed E-state index contributed by atoms with van der Waals surface area (Å²) in [4.78, 5) is 36.9. The summed E-state index contributed by atoms with van der Waals surface area (Å²) in [6, 6.07) is 6.24. The van der Waals surface area contributed by atoms with Crippen molar-refractivity contribution in [2.24, 2.45) is 5.73 Å². The highest BCUT2D eigenvalue weighted by Gasteiger charge is 2.35. The summed E-state index contributed by atoms with van der Waals surface area (Å²) < 4.78 is 15.0. The Hall–Kier alpha value is -3.69. The molecule has 0 bridgehead atoms. The van der Waals surface area contributed by atoms with Crippen LogP contribution >= 0.6 is 0 Å². The molecule has 2 atom stereocenters. The lowest BCUT2D eigenvalue weighted by Gasteiger charge is -2.20. The first-order valence-corrected chi connectivity index (χ1v) is 8.94. The van der Waals surface area contributed by atoms with E-state index in [4.69, 9.17) is 5.73 Å². The van der Waals surface area contributed by atoms with Crippen LogP contribution in [0.5, 0.6) is 0 Å². The Balaban J connectivity index is 1.71. The molecule has 0 spiro atoms. The summed E-state index contributed by atoms with van der Waals surface area (Å²) in [6.07, 6.45) is 2.46. The Kier molecular flexibility index (Phi) is 4.75. The largest absolute Gasteiger partial charge is 0.364 e. The first-order chi connectivity index (χ1) is 14.0. The second-order valence-electron chi connectivity index (χ2n) is 6.82. The number of hydrogen-bond acceptors (Lipinski definition) is 6. The molecular weight excluding hydrogens is 379 g/mol. The zero-order valence-corrected chi connectivity index (χ0v) is 15.2. The minimum absolute atomic E-state index is 0.00897. The van der Waals surface area contributed by atoms with Crippen molar-refractivity contribution < 1.29 is 18.8 Å². The summed E-state index contributed by atoms with van der Waals surface area (Å²) in [5.74, 6) is -1.19. The van der Waals surface area contributed by atoms with E-state index < -0.39 is 24.0 Å². The molecule has 10 heteroatoms. The quantitative estimate of drug-likeness (QED) is 0.634. The SMILES string of the molecule is NC(=O)c1nn(CC(=O)N2C[C@H](F)C[C@H]2C=O)c2ccc(-c3ccnnc3)cc12. The molecule has 1 aromatic carbocycles. The third kappa shape index (κ3) is 3.44. The highest BCUT2D eigenvalue weighted by Crippen LogP contribution is 2.27. The number of halogens is 1. The summed E-state index contributed by atoms with van der Waals surface area (Å²) >= 11 is 0. The first-order valence-electron chi connectivity index (χ1n) is 8.94. The van der Waals surface area contributed by atoms with Gasteiger partial charge in [0.25, 0.3) is 5.91 Å². The van der Waals surface area contributed by atoms with Crippen molar-refractivity contribution in [2.75, 3.05) is 6.54 Å². The van der Waals surface area contributed by atoms with Gasteiger partial charge in [0.1, 0.15) is 19.0 Å². The van der Waals surface area contributed by atoms with Gasteiger partial charge in [-0.3, -0.25) is 14.3 Å².